The van der Waals surface area contributed by atoms with E-state index in [0.717, 1.165) is 18.2 Å². The molecule has 6 nitrogen and oxygen atoms in total. The van der Waals surface area contributed by atoms with Crippen molar-refractivity contribution in [1.82, 2.24) is 0 Å². The van der Waals surface area contributed by atoms with Gasteiger partial charge in [0.1, 0.15) is 11.3 Å². The third-order valence-corrected chi connectivity index (χ3v) is 4.97. The van der Waals surface area contributed by atoms with Crippen LogP contribution in [0.1, 0.15) is 42.4 Å². The minimum atomic E-state index is -0.561. The molecule has 1 aliphatic carbocycles. The number of ketones is 1. The van der Waals surface area contributed by atoms with Gasteiger partial charge in [-0.05, 0) is 50.8 Å². The second-order valence-corrected chi connectivity index (χ2v) is 6.63. The third-order valence-electron chi connectivity index (χ3n) is 4.97. The van der Waals surface area contributed by atoms with E-state index in [1.54, 1.807) is 26.0 Å². The summed E-state index contributed by atoms with van der Waals surface area (Å²) < 4.78 is 16.0. The maximum Gasteiger partial charge on any atom is 0.340 e. The van der Waals surface area contributed by atoms with Gasteiger partial charge in [-0.25, -0.2) is 4.79 Å². The second kappa shape index (κ2) is 7.32. The zero-order valence-corrected chi connectivity index (χ0v) is 15.2. The van der Waals surface area contributed by atoms with Crippen LogP contribution in [-0.2, 0) is 20.7 Å². The molecule has 0 radical (unpaired) electrons. The monoisotopic (exact) mass is 358 g/mol. The predicted octanol–water partition coefficient (Wildman–Crippen LogP) is 3.02. The van der Waals surface area contributed by atoms with Gasteiger partial charge in [-0.2, -0.15) is 0 Å². The number of hydrogen-bond acceptors (Lipinski definition) is 6. The van der Waals surface area contributed by atoms with Crippen LogP contribution >= 0.6 is 0 Å². The highest BCUT2D eigenvalue weighted by Crippen LogP contribution is 2.31. The summed E-state index contributed by atoms with van der Waals surface area (Å²) in [6, 6.07) is 3.58. The van der Waals surface area contributed by atoms with Gasteiger partial charge in [0.25, 0.3) is 0 Å². The predicted molar refractivity (Wildman–Crippen MR) is 95.6 cm³/mol. The number of rotatable bonds is 4. The zero-order chi connectivity index (χ0) is 18.8. The number of carbonyl (C=O) groups is 2. The molecular weight excluding hydrogens is 336 g/mol. The number of ether oxygens (including phenoxy) is 2. The van der Waals surface area contributed by atoms with E-state index in [0.29, 0.717) is 40.9 Å². The van der Waals surface area contributed by atoms with Crippen LogP contribution in [0.3, 0.4) is 0 Å². The van der Waals surface area contributed by atoms with Crippen molar-refractivity contribution in [3.8, 4) is 5.75 Å². The molecule has 2 aromatic rings. The topological polar surface area (TPSA) is 82.8 Å². The summed E-state index contributed by atoms with van der Waals surface area (Å²) in [6.45, 7) is 3.58. The molecule has 1 saturated carbocycles. The number of benzene rings is 1. The number of aryl methyl sites for hydroxylation is 2. The quantitative estimate of drug-likeness (QED) is 0.617. The lowest BCUT2D eigenvalue weighted by Gasteiger charge is -2.23. The first-order chi connectivity index (χ1) is 12.4. The Balaban J connectivity index is 2.01. The van der Waals surface area contributed by atoms with E-state index in [2.05, 4.69) is 4.74 Å². The van der Waals surface area contributed by atoms with Gasteiger partial charge in [0, 0.05) is 17.4 Å². The maximum absolute atomic E-state index is 12.3. The molecule has 0 aliphatic heterocycles. The van der Waals surface area contributed by atoms with Crippen LogP contribution in [0, 0.1) is 13.8 Å². The molecule has 0 saturated heterocycles. The molecule has 3 rings (SSSR count). The number of esters is 1. The molecule has 1 fully saturated rings. The van der Waals surface area contributed by atoms with Gasteiger partial charge in [0.2, 0.25) is 0 Å². The van der Waals surface area contributed by atoms with Gasteiger partial charge in [0.05, 0.1) is 19.1 Å². The Kier molecular flexibility index (Phi) is 5.11. The molecule has 26 heavy (non-hydrogen) atoms. The number of methoxy groups -OCH3 is 1. The number of Topliss-reactive ketones (excluding diaryl/α,β-unsaturated/α-hetero) is 1. The van der Waals surface area contributed by atoms with Crippen molar-refractivity contribution in [3.63, 3.8) is 0 Å². The summed E-state index contributed by atoms with van der Waals surface area (Å²) in [4.78, 5) is 35.9. The highest BCUT2D eigenvalue weighted by Gasteiger charge is 2.25. The summed E-state index contributed by atoms with van der Waals surface area (Å²) in [6.07, 6.45) is 2.56. The van der Waals surface area contributed by atoms with Gasteiger partial charge in [0.15, 0.2) is 11.9 Å². The van der Waals surface area contributed by atoms with Crippen molar-refractivity contribution >= 4 is 22.7 Å². The summed E-state index contributed by atoms with van der Waals surface area (Å²) in [5.74, 6) is 0.162. The molecule has 138 valence electrons. The van der Waals surface area contributed by atoms with E-state index in [-0.39, 0.29) is 12.2 Å². The number of carbonyl (C=O) groups excluding carboxylic acids is 2. The van der Waals surface area contributed by atoms with Crippen LogP contribution in [0.2, 0.25) is 0 Å². The van der Waals surface area contributed by atoms with E-state index < -0.39 is 17.7 Å². The second-order valence-electron chi connectivity index (χ2n) is 6.63. The first-order valence-corrected chi connectivity index (χ1v) is 8.74. The van der Waals surface area contributed by atoms with Crippen LogP contribution in [-0.4, -0.2) is 25.0 Å². The van der Waals surface area contributed by atoms with Gasteiger partial charge in [-0.1, -0.05) is 0 Å². The molecule has 0 N–H and O–H groups in total. The van der Waals surface area contributed by atoms with E-state index in [4.69, 9.17) is 9.15 Å². The largest absolute Gasteiger partial charge is 0.482 e. The molecule has 0 bridgehead atoms. The molecule has 0 amide bonds. The number of hydrogen-bond donors (Lipinski definition) is 0. The van der Waals surface area contributed by atoms with Crippen molar-refractivity contribution in [2.45, 2.75) is 52.1 Å². The highest BCUT2D eigenvalue weighted by atomic mass is 16.5. The third kappa shape index (κ3) is 3.36. The van der Waals surface area contributed by atoms with E-state index in [1.165, 1.54) is 7.11 Å². The van der Waals surface area contributed by atoms with Crippen molar-refractivity contribution in [3.05, 3.63) is 39.2 Å². The van der Waals surface area contributed by atoms with E-state index >= 15 is 0 Å². The summed E-state index contributed by atoms with van der Waals surface area (Å²) in [5.41, 5.74) is 1.51. The Morgan fingerprint density at radius 2 is 1.96 bits per heavy atom. The van der Waals surface area contributed by atoms with Gasteiger partial charge < -0.3 is 13.9 Å². The fourth-order valence-electron chi connectivity index (χ4n) is 3.35. The Labute approximate surface area is 151 Å². The molecule has 1 aromatic carbocycles. The smallest absolute Gasteiger partial charge is 0.340 e. The van der Waals surface area contributed by atoms with Crippen molar-refractivity contribution in [2.24, 2.45) is 0 Å². The molecule has 0 spiro atoms. The van der Waals surface area contributed by atoms with Crippen molar-refractivity contribution in [1.29, 1.82) is 0 Å². The fraction of sp³-hybridized carbons (Fsp3) is 0.450. The lowest BCUT2D eigenvalue weighted by atomic mass is 9.96. The summed E-state index contributed by atoms with van der Waals surface area (Å²) in [7, 11) is 1.28. The Morgan fingerprint density at radius 3 is 2.65 bits per heavy atom. The maximum atomic E-state index is 12.3. The van der Waals surface area contributed by atoms with Crippen LogP contribution in [0.4, 0.5) is 0 Å². The Hall–Kier alpha value is -2.63. The van der Waals surface area contributed by atoms with Crippen LogP contribution in [0.15, 0.2) is 21.3 Å². The van der Waals surface area contributed by atoms with Gasteiger partial charge in [-0.3, -0.25) is 9.59 Å². The molecule has 6 heteroatoms. The SMILES string of the molecule is COC(=O)Cc1c(C)c2ccc(O[C@H]3CCCCC3=O)c(C)c2oc1=O. The first-order valence-electron chi connectivity index (χ1n) is 8.74. The molecule has 0 unspecified atom stereocenters. The Bertz CT molecular complexity index is 924. The van der Waals surface area contributed by atoms with Crippen LogP contribution in [0.25, 0.3) is 11.0 Å². The minimum Gasteiger partial charge on any atom is -0.482 e. The molecule has 1 atom stereocenters. The standard InChI is InChI=1S/C20H22O6/c1-11-13-8-9-16(25-17-7-5-4-6-15(17)21)12(2)19(13)26-20(23)14(11)10-18(22)24-3/h8-9,17H,4-7,10H2,1-3H3/t17-/m0/s1. The van der Waals surface area contributed by atoms with Gasteiger partial charge >= 0.3 is 11.6 Å². The van der Waals surface area contributed by atoms with E-state index in [1.807, 2.05) is 0 Å². The van der Waals surface area contributed by atoms with Crippen molar-refractivity contribution in [2.75, 3.05) is 7.11 Å². The van der Waals surface area contributed by atoms with Crippen LogP contribution < -0.4 is 10.4 Å². The molecular formula is C20H22O6. The van der Waals surface area contributed by atoms with Crippen molar-refractivity contribution < 1.29 is 23.5 Å². The Morgan fingerprint density at radius 1 is 1.19 bits per heavy atom. The fourth-order valence-corrected chi connectivity index (χ4v) is 3.35. The lowest BCUT2D eigenvalue weighted by Crippen LogP contribution is -2.30. The summed E-state index contributed by atoms with van der Waals surface area (Å²) in [5, 5.41) is 0.739. The first kappa shape index (κ1) is 18.2. The zero-order valence-electron chi connectivity index (χ0n) is 15.2. The average molecular weight is 358 g/mol. The molecule has 1 aliphatic rings. The minimum absolute atomic E-state index is 0.113. The molecule has 1 heterocycles. The lowest BCUT2D eigenvalue weighted by molar-refractivity contribution is -0.139. The average Bonchev–Trinajstić information content (AvgIpc) is 2.63. The van der Waals surface area contributed by atoms with Gasteiger partial charge in [-0.15, -0.1) is 0 Å². The highest BCUT2D eigenvalue weighted by molar-refractivity contribution is 5.87. The number of fused-ring (bicyclic) bond motifs is 1. The normalized spacial score (nSPS) is 17.3. The summed E-state index contributed by atoms with van der Waals surface area (Å²) >= 11 is 0. The van der Waals surface area contributed by atoms with Crippen LogP contribution in [0.5, 0.6) is 5.75 Å². The van der Waals surface area contributed by atoms with E-state index in [9.17, 15) is 14.4 Å². The molecule has 1 aromatic heterocycles.